The quantitative estimate of drug-likeness (QED) is 0.850. The number of amides is 1. The van der Waals surface area contributed by atoms with Gasteiger partial charge in [-0.3, -0.25) is 4.79 Å². The molecule has 0 fully saturated rings. The van der Waals surface area contributed by atoms with E-state index in [-0.39, 0.29) is 18.6 Å². The predicted molar refractivity (Wildman–Crippen MR) is 89.5 cm³/mol. The summed E-state index contributed by atoms with van der Waals surface area (Å²) in [6.07, 6.45) is 0. The molecule has 0 unspecified atom stereocenters. The van der Waals surface area contributed by atoms with Crippen molar-refractivity contribution in [2.75, 3.05) is 6.61 Å². The van der Waals surface area contributed by atoms with Crippen molar-refractivity contribution < 1.29 is 14.3 Å². The highest BCUT2D eigenvalue weighted by molar-refractivity contribution is 6.30. The van der Waals surface area contributed by atoms with Gasteiger partial charge in [-0.25, -0.2) is 4.79 Å². The van der Waals surface area contributed by atoms with Crippen molar-refractivity contribution in [3.8, 4) is 0 Å². The van der Waals surface area contributed by atoms with E-state index >= 15 is 0 Å². The number of ether oxygens (including phenoxy) is 1. The zero-order valence-corrected chi connectivity index (χ0v) is 13.8. The second kappa shape index (κ2) is 7.79. The molecule has 2 rings (SSSR count). The van der Waals surface area contributed by atoms with Crippen LogP contribution in [-0.2, 0) is 9.53 Å². The number of aryl methyl sites for hydroxylation is 1. The Bertz CT molecular complexity index is 698. The van der Waals surface area contributed by atoms with Crippen molar-refractivity contribution in [3.63, 3.8) is 0 Å². The summed E-state index contributed by atoms with van der Waals surface area (Å²) in [5.74, 6) is -0.931. The Morgan fingerprint density at radius 1 is 1.17 bits per heavy atom. The Kier molecular flexibility index (Phi) is 5.77. The summed E-state index contributed by atoms with van der Waals surface area (Å²) in [4.78, 5) is 23.7. The van der Waals surface area contributed by atoms with E-state index in [1.54, 1.807) is 18.2 Å². The highest BCUT2D eigenvalue weighted by Crippen LogP contribution is 2.13. The maximum Gasteiger partial charge on any atom is 0.338 e. The summed E-state index contributed by atoms with van der Waals surface area (Å²) < 4.78 is 4.99. The molecule has 120 valence electrons. The molecule has 0 bridgehead atoms. The van der Waals surface area contributed by atoms with Crippen LogP contribution >= 0.6 is 11.6 Å². The van der Waals surface area contributed by atoms with Gasteiger partial charge >= 0.3 is 5.97 Å². The molecule has 23 heavy (non-hydrogen) atoms. The average molecular weight is 332 g/mol. The highest BCUT2D eigenvalue weighted by atomic mass is 35.5. The number of carbonyl (C=O) groups is 2. The fourth-order valence-corrected chi connectivity index (χ4v) is 2.24. The maximum atomic E-state index is 11.9. The second-order valence-corrected chi connectivity index (χ2v) is 5.72. The van der Waals surface area contributed by atoms with E-state index in [1.807, 2.05) is 38.1 Å². The zero-order valence-electron chi connectivity index (χ0n) is 13.0. The Labute approximate surface area is 140 Å². The Hall–Kier alpha value is -2.33. The van der Waals surface area contributed by atoms with Crippen LogP contribution in [0.2, 0.25) is 5.02 Å². The molecule has 0 aliphatic rings. The maximum absolute atomic E-state index is 11.9. The van der Waals surface area contributed by atoms with Crippen LogP contribution in [0.15, 0.2) is 48.5 Å². The number of nitrogens with one attached hydrogen (secondary N) is 1. The van der Waals surface area contributed by atoms with Gasteiger partial charge in [-0.15, -0.1) is 0 Å². The van der Waals surface area contributed by atoms with E-state index in [0.717, 1.165) is 11.1 Å². The third-order valence-corrected chi connectivity index (χ3v) is 3.58. The molecule has 0 radical (unpaired) electrons. The van der Waals surface area contributed by atoms with Crippen LogP contribution in [0.3, 0.4) is 0 Å². The Morgan fingerprint density at radius 2 is 1.87 bits per heavy atom. The molecule has 0 aromatic heterocycles. The molecule has 0 heterocycles. The topological polar surface area (TPSA) is 55.4 Å². The van der Waals surface area contributed by atoms with E-state index in [1.165, 1.54) is 6.07 Å². The highest BCUT2D eigenvalue weighted by Gasteiger charge is 2.13. The van der Waals surface area contributed by atoms with Crippen LogP contribution in [0.1, 0.15) is 34.5 Å². The van der Waals surface area contributed by atoms with Crippen LogP contribution in [-0.4, -0.2) is 18.5 Å². The lowest BCUT2D eigenvalue weighted by Crippen LogP contribution is -2.31. The first kappa shape index (κ1) is 17.0. The lowest BCUT2D eigenvalue weighted by molar-refractivity contribution is -0.124. The summed E-state index contributed by atoms with van der Waals surface area (Å²) in [7, 11) is 0. The van der Waals surface area contributed by atoms with E-state index in [9.17, 15) is 9.59 Å². The van der Waals surface area contributed by atoms with Crippen molar-refractivity contribution in [3.05, 3.63) is 70.2 Å². The smallest absolute Gasteiger partial charge is 0.338 e. The number of hydrogen-bond acceptors (Lipinski definition) is 3. The lowest BCUT2D eigenvalue weighted by atomic mass is 10.1. The van der Waals surface area contributed by atoms with Gasteiger partial charge < -0.3 is 10.1 Å². The van der Waals surface area contributed by atoms with Crippen molar-refractivity contribution in [2.24, 2.45) is 0 Å². The van der Waals surface area contributed by atoms with Crippen molar-refractivity contribution in [1.82, 2.24) is 5.32 Å². The van der Waals surface area contributed by atoms with Crippen LogP contribution in [0, 0.1) is 6.92 Å². The minimum Gasteiger partial charge on any atom is -0.452 e. The average Bonchev–Trinajstić information content (AvgIpc) is 2.53. The molecule has 4 nitrogen and oxygen atoms in total. The summed E-state index contributed by atoms with van der Waals surface area (Å²) >= 11 is 5.81. The number of halogens is 1. The normalized spacial score (nSPS) is 11.6. The van der Waals surface area contributed by atoms with Crippen LogP contribution in [0.5, 0.6) is 0 Å². The molecule has 0 spiro atoms. The number of benzene rings is 2. The zero-order chi connectivity index (χ0) is 16.8. The van der Waals surface area contributed by atoms with Gasteiger partial charge in [0, 0.05) is 5.02 Å². The fourth-order valence-electron chi connectivity index (χ4n) is 2.05. The molecule has 0 saturated carbocycles. The molecule has 1 atom stereocenters. The van der Waals surface area contributed by atoms with E-state index in [4.69, 9.17) is 16.3 Å². The SMILES string of the molecule is Cc1ccc([C@H](C)NC(=O)COC(=O)c2cccc(Cl)c2)cc1. The first-order valence-electron chi connectivity index (χ1n) is 7.24. The molecule has 0 aliphatic carbocycles. The van der Waals surface area contributed by atoms with Crippen LogP contribution in [0.4, 0.5) is 0 Å². The molecule has 0 aliphatic heterocycles. The third-order valence-electron chi connectivity index (χ3n) is 3.35. The van der Waals surface area contributed by atoms with Gasteiger partial charge in [0.1, 0.15) is 0 Å². The first-order chi connectivity index (χ1) is 11.0. The number of carbonyl (C=O) groups excluding carboxylic acids is 2. The molecule has 1 N–H and O–H groups in total. The van der Waals surface area contributed by atoms with Crippen LogP contribution in [0.25, 0.3) is 0 Å². The van der Waals surface area contributed by atoms with Gasteiger partial charge in [0.25, 0.3) is 5.91 Å². The van der Waals surface area contributed by atoms with Crippen molar-refractivity contribution in [1.29, 1.82) is 0 Å². The largest absolute Gasteiger partial charge is 0.452 e. The van der Waals surface area contributed by atoms with Gasteiger partial charge in [0.15, 0.2) is 6.61 Å². The lowest BCUT2D eigenvalue weighted by Gasteiger charge is -2.14. The van der Waals surface area contributed by atoms with Crippen LogP contribution < -0.4 is 5.32 Å². The molecule has 5 heteroatoms. The minimum atomic E-state index is -0.578. The second-order valence-electron chi connectivity index (χ2n) is 5.29. The standard InChI is InChI=1S/C18H18ClNO3/c1-12-6-8-14(9-7-12)13(2)20-17(21)11-23-18(22)15-4-3-5-16(19)10-15/h3-10,13H,11H2,1-2H3,(H,20,21)/t13-/m0/s1. The summed E-state index contributed by atoms with van der Waals surface area (Å²) in [6, 6.07) is 14.1. The third kappa shape index (κ3) is 5.11. The number of esters is 1. The summed E-state index contributed by atoms with van der Waals surface area (Å²) in [5, 5.41) is 3.23. The van der Waals surface area contributed by atoms with E-state index in [2.05, 4.69) is 5.32 Å². The van der Waals surface area contributed by atoms with E-state index < -0.39 is 5.97 Å². The molecule has 2 aromatic carbocycles. The molecule has 0 saturated heterocycles. The fraction of sp³-hybridized carbons (Fsp3) is 0.222. The van der Waals surface area contributed by atoms with Crippen molar-refractivity contribution >= 4 is 23.5 Å². The van der Waals surface area contributed by atoms with Crippen molar-refractivity contribution in [2.45, 2.75) is 19.9 Å². The number of hydrogen-bond donors (Lipinski definition) is 1. The Balaban J connectivity index is 1.85. The molecular weight excluding hydrogens is 314 g/mol. The predicted octanol–water partition coefficient (Wildman–Crippen LogP) is 3.68. The minimum absolute atomic E-state index is 0.159. The monoisotopic (exact) mass is 331 g/mol. The van der Waals surface area contributed by atoms with Gasteiger partial charge in [-0.1, -0.05) is 47.5 Å². The summed E-state index contributed by atoms with van der Waals surface area (Å²) in [6.45, 7) is 3.55. The van der Waals surface area contributed by atoms with Gasteiger partial charge in [-0.05, 0) is 37.6 Å². The van der Waals surface area contributed by atoms with E-state index in [0.29, 0.717) is 10.6 Å². The number of rotatable bonds is 5. The molecular formula is C18H18ClNO3. The van der Waals surface area contributed by atoms with Gasteiger partial charge in [-0.2, -0.15) is 0 Å². The molecule has 1 amide bonds. The van der Waals surface area contributed by atoms with Gasteiger partial charge in [0.2, 0.25) is 0 Å². The summed E-state index contributed by atoms with van der Waals surface area (Å²) in [5.41, 5.74) is 2.46. The van der Waals surface area contributed by atoms with Gasteiger partial charge in [0.05, 0.1) is 11.6 Å². The molecule has 2 aromatic rings. The Morgan fingerprint density at radius 3 is 2.52 bits per heavy atom. The first-order valence-corrected chi connectivity index (χ1v) is 7.62.